The molecule has 0 spiro atoms. The van der Waals surface area contributed by atoms with Gasteiger partial charge in [0.15, 0.2) is 4.80 Å². The first-order valence-electron chi connectivity index (χ1n) is 10.9. The van der Waals surface area contributed by atoms with Crippen LogP contribution in [0, 0.1) is 0 Å². The van der Waals surface area contributed by atoms with E-state index in [2.05, 4.69) is 83.6 Å². The lowest BCUT2D eigenvalue weighted by Crippen LogP contribution is -2.17. The third-order valence-corrected chi connectivity index (χ3v) is 6.16. The molecule has 0 aliphatic heterocycles. The molecule has 0 saturated heterocycles. The molecule has 0 aliphatic rings. The smallest absolute Gasteiger partial charge is 0.190 e. The number of hydrogen-bond acceptors (Lipinski definition) is 3. The van der Waals surface area contributed by atoms with E-state index in [0.29, 0.717) is 6.61 Å². The lowest BCUT2D eigenvalue weighted by molar-refractivity contribution is 0.340. The minimum atomic E-state index is 0.675. The molecule has 0 aliphatic carbocycles. The molecule has 4 heteroatoms. The van der Waals surface area contributed by atoms with Gasteiger partial charge in [0.25, 0.3) is 0 Å². The minimum absolute atomic E-state index is 0.675. The third kappa shape index (κ3) is 5.33. The Morgan fingerprint density at radius 1 is 0.839 bits per heavy atom. The molecule has 1 heterocycles. The van der Waals surface area contributed by atoms with Crippen molar-refractivity contribution in [2.45, 2.75) is 33.2 Å². The van der Waals surface area contributed by atoms with Crippen molar-refractivity contribution in [1.82, 2.24) is 4.57 Å². The summed E-state index contributed by atoms with van der Waals surface area (Å²) >= 11 is 1.69. The Balaban J connectivity index is 1.70. The fourth-order valence-corrected chi connectivity index (χ4v) is 4.51. The highest BCUT2D eigenvalue weighted by molar-refractivity contribution is 7.07. The number of thiazole rings is 1. The molecule has 4 aromatic rings. The molecular weight excluding hydrogens is 400 g/mol. The van der Waals surface area contributed by atoms with E-state index in [-0.39, 0.29) is 0 Å². The molecular formula is C27H28N2OS. The van der Waals surface area contributed by atoms with Crippen molar-refractivity contribution in [3.05, 3.63) is 100 Å². The van der Waals surface area contributed by atoms with Gasteiger partial charge < -0.3 is 9.30 Å². The molecule has 0 fully saturated rings. The molecule has 3 nitrogen and oxygen atoms in total. The summed E-state index contributed by atoms with van der Waals surface area (Å²) < 4.78 is 7.95. The SMILES string of the molecule is CCOc1ccc(-c2csc(=Nc3ccc(CC)cc3)n2CCc2ccccc2)cc1. The zero-order valence-electron chi connectivity index (χ0n) is 18.1. The normalized spacial score (nSPS) is 11.6. The van der Waals surface area contributed by atoms with Crippen LogP contribution in [0.1, 0.15) is 25.0 Å². The van der Waals surface area contributed by atoms with Crippen LogP contribution in [0.5, 0.6) is 5.75 Å². The monoisotopic (exact) mass is 428 g/mol. The second-order valence-electron chi connectivity index (χ2n) is 7.38. The van der Waals surface area contributed by atoms with Gasteiger partial charge in [-0.25, -0.2) is 4.99 Å². The molecule has 1 aromatic heterocycles. The number of hydrogen-bond donors (Lipinski definition) is 0. The van der Waals surface area contributed by atoms with Crippen LogP contribution in [0.4, 0.5) is 5.69 Å². The number of aryl methyl sites for hydroxylation is 2. The van der Waals surface area contributed by atoms with Crippen LogP contribution < -0.4 is 9.54 Å². The Bertz CT molecular complexity index is 1160. The molecule has 0 amide bonds. The fraction of sp³-hybridized carbons (Fsp3) is 0.222. The van der Waals surface area contributed by atoms with E-state index >= 15 is 0 Å². The molecule has 158 valence electrons. The summed E-state index contributed by atoms with van der Waals surface area (Å²) in [6.45, 7) is 5.73. The highest BCUT2D eigenvalue weighted by Gasteiger charge is 2.09. The maximum Gasteiger partial charge on any atom is 0.190 e. The third-order valence-electron chi connectivity index (χ3n) is 5.29. The Kier molecular flexibility index (Phi) is 7.00. The zero-order valence-corrected chi connectivity index (χ0v) is 18.9. The topological polar surface area (TPSA) is 26.5 Å². The summed E-state index contributed by atoms with van der Waals surface area (Å²) in [7, 11) is 0. The highest BCUT2D eigenvalue weighted by atomic mass is 32.1. The summed E-state index contributed by atoms with van der Waals surface area (Å²) in [5.41, 5.74) is 6.02. The molecule has 4 rings (SSSR count). The van der Waals surface area contributed by atoms with Gasteiger partial charge in [0.2, 0.25) is 0 Å². The van der Waals surface area contributed by atoms with Gasteiger partial charge in [0.1, 0.15) is 5.75 Å². The molecule has 0 saturated carbocycles. The van der Waals surface area contributed by atoms with E-state index in [4.69, 9.17) is 9.73 Å². The molecule has 31 heavy (non-hydrogen) atoms. The van der Waals surface area contributed by atoms with E-state index in [1.807, 2.05) is 19.1 Å². The second kappa shape index (κ2) is 10.3. The number of ether oxygens (including phenoxy) is 1. The van der Waals surface area contributed by atoms with Crippen molar-refractivity contribution in [2.75, 3.05) is 6.61 Å². The number of nitrogens with zero attached hydrogens (tertiary/aromatic N) is 2. The highest BCUT2D eigenvalue weighted by Crippen LogP contribution is 2.24. The van der Waals surface area contributed by atoms with Crippen LogP contribution in [0.3, 0.4) is 0 Å². The average Bonchev–Trinajstić information content (AvgIpc) is 3.22. The van der Waals surface area contributed by atoms with Gasteiger partial charge in [-0.3, -0.25) is 0 Å². The maximum absolute atomic E-state index is 5.61. The van der Waals surface area contributed by atoms with Crippen LogP contribution in [0.15, 0.2) is 89.2 Å². The van der Waals surface area contributed by atoms with Crippen LogP contribution in [-0.2, 0) is 19.4 Å². The standard InChI is InChI=1S/C27H28N2OS/c1-3-21-10-14-24(15-11-21)28-27-29(19-18-22-8-6-5-7-9-22)26(20-31-27)23-12-16-25(17-13-23)30-4-2/h5-17,20H,3-4,18-19H2,1-2H3. The van der Waals surface area contributed by atoms with E-state index in [1.54, 1.807) is 11.3 Å². The van der Waals surface area contributed by atoms with E-state index in [1.165, 1.54) is 22.4 Å². The predicted molar refractivity (Wildman–Crippen MR) is 130 cm³/mol. The number of benzene rings is 3. The summed E-state index contributed by atoms with van der Waals surface area (Å²) in [6, 6.07) is 27.5. The number of rotatable bonds is 8. The zero-order chi connectivity index (χ0) is 21.5. The van der Waals surface area contributed by atoms with Gasteiger partial charge in [-0.2, -0.15) is 0 Å². The lowest BCUT2D eigenvalue weighted by atomic mass is 10.1. The van der Waals surface area contributed by atoms with Crippen LogP contribution in [-0.4, -0.2) is 11.2 Å². The Labute approximate surface area is 188 Å². The molecule has 0 radical (unpaired) electrons. The fourth-order valence-electron chi connectivity index (χ4n) is 3.56. The van der Waals surface area contributed by atoms with Gasteiger partial charge in [-0.1, -0.05) is 49.4 Å². The quantitative estimate of drug-likeness (QED) is 0.308. The number of aromatic nitrogens is 1. The first kappa shape index (κ1) is 21.1. The van der Waals surface area contributed by atoms with Crippen LogP contribution in [0.25, 0.3) is 11.3 Å². The van der Waals surface area contributed by atoms with Crippen molar-refractivity contribution in [2.24, 2.45) is 4.99 Å². The van der Waals surface area contributed by atoms with Crippen molar-refractivity contribution in [3.63, 3.8) is 0 Å². The molecule has 0 bridgehead atoms. The molecule has 0 unspecified atom stereocenters. The van der Waals surface area contributed by atoms with Crippen molar-refractivity contribution in [3.8, 4) is 17.0 Å². The van der Waals surface area contributed by atoms with Crippen molar-refractivity contribution >= 4 is 17.0 Å². The summed E-state index contributed by atoms with van der Waals surface area (Å²) in [5.74, 6) is 0.901. The Hall–Kier alpha value is -3.11. The van der Waals surface area contributed by atoms with Crippen molar-refractivity contribution < 1.29 is 4.74 Å². The van der Waals surface area contributed by atoms with Gasteiger partial charge >= 0.3 is 0 Å². The van der Waals surface area contributed by atoms with Gasteiger partial charge in [0, 0.05) is 11.9 Å². The predicted octanol–water partition coefficient (Wildman–Crippen LogP) is 6.65. The van der Waals surface area contributed by atoms with Gasteiger partial charge in [0.05, 0.1) is 18.0 Å². The molecule has 3 aromatic carbocycles. The Morgan fingerprint density at radius 3 is 2.26 bits per heavy atom. The lowest BCUT2D eigenvalue weighted by Gasteiger charge is -2.10. The van der Waals surface area contributed by atoms with Crippen molar-refractivity contribution in [1.29, 1.82) is 0 Å². The van der Waals surface area contributed by atoms with E-state index in [9.17, 15) is 0 Å². The first-order chi connectivity index (χ1) is 15.3. The first-order valence-corrected chi connectivity index (χ1v) is 11.7. The molecule has 0 N–H and O–H groups in total. The maximum atomic E-state index is 5.61. The van der Waals surface area contributed by atoms with E-state index < -0.39 is 0 Å². The second-order valence-corrected chi connectivity index (χ2v) is 8.22. The average molecular weight is 429 g/mol. The minimum Gasteiger partial charge on any atom is -0.494 e. The van der Waals surface area contributed by atoms with Gasteiger partial charge in [-0.15, -0.1) is 11.3 Å². The molecule has 0 atom stereocenters. The van der Waals surface area contributed by atoms with Crippen LogP contribution in [0.2, 0.25) is 0 Å². The summed E-state index contributed by atoms with van der Waals surface area (Å²) in [5, 5.41) is 2.21. The largest absolute Gasteiger partial charge is 0.494 e. The Morgan fingerprint density at radius 2 is 1.58 bits per heavy atom. The van der Waals surface area contributed by atoms with Gasteiger partial charge in [-0.05, 0) is 72.9 Å². The summed E-state index contributed by atoms with van der Waals surface area (Å²) in [6.07, 6.45) is 2.00. The summed E-state index contributed by atoms with van der Waals surface area (Å²) in [4.78, 5) is 6.00. The van der Waals surface area contributed by atoms with Crippen LogP contribution >= 0.6 is 11.3 Å². The van der Waals surface area contributed by atoms with E-state index in [0.717, 1.165) is 35.6 Å².